The Morgan fingerprint density at radius 3 is 2.63 bits per heavy atom. The van der Waals surface area contributed by atoms with Crippen molar-refractivity contribution in [2.75, 3.05) is 17.7 Å². The van der Waals surface area contributed by atoms with Gasteiger partial charge in [0.1, 0.15) is 0 Å². The maximum Gasteiger partial charge on any atom is 0.230 e. The number of hydrogen-bond donors (Lipinski definition) is 1. The molecule has 104 valence electrons. The number of carbonyl (C=O) groups is 1. The van der Waals surface area contributed by atoms with Crippen LogP contribution in [0.1, 0.15) is 39.5 Å². The molecule has 1 atom stereocenters. The van der Waals surface area contributed by atoms with Crippen LogP contribution in [0.3, 0.4) is 0 Å². The minimum absolute atomic E-state index is 0.0904. The van der Waals surface area contributed by atoms with Crippen molar-refractivity contribution in [1.82, 2.24) is 0 Å². The molecule has 1 aromatic rings. The SMILES string of the molecule is CN(C(=O)C1CCCCC1(C)C)c1ccccc1N. The van der Waals surface area contributed by atoms with Gasteiger partial charge in [-0.15, -0.1) is 0 Å². The third kappa shape index (κ3) is 2.75. The van der Waals surface area contributed by atoms with Gasteiger partial charge in [-0.3, -0.25) is 4.79 Å². The van der Waals surface area contributed by atoms with E-state index in [2.05, 4.69) is 13.8 Å². The normalized spacial score (nSPS) is 21.9. The number of rotatable bonds is 2. The first-order chi connectivity index (χ1) is 8.93. The maximum atomic E-state index is 12.7. The number of nitrogens with zero attached hydrogens (tertiary/aromatic N) is 1. The van der Waals surface area contributed by atoms with Crippen LogP contribution in [0.5, 0.6) is 0 Å². The molecule has 1 fully saturated rings. The highest BCUT2D eigenvalue weighted by atomic mass is 16.2. The van der Waals surface area contributed by atoms with Crippen LogP contribution in [0.25, 0.3) is 0 Å². The van der Waals surface area contributed by atoms with E-state index in [1.165, 1.54) is 6.42 Å². The molecule has 19 heavy (non-hydrogen) atoms. The molecule has 0 radical (unpaired) electrons. The Balaban J connectivity index is 2.22. The second-order valence-corrected chi connectivity index (χ2v) is 6.24. The number of carbonyl (C=O) groups excluding carboxylic acids is 1. The van der Waals surface area contributed by atoms with E-state index >= 15 is 0 Å². The summed E-state index contributed by atoms with van der Waals surface area (Å²) < 4.78 is 0. The van der Waals surface area contributed by atoms with Crippen LogP contribution in [-0.2, 0) is 4.79 Å². The molecule has 0 saturated heterocycles. The van der Waals surface area contributed by atoms with Crippen LogP contribution in [0.15, 0.2) is 24.3 Å². The highest BCUT2D eigenvalue weighted by Gasteiger charge is 2.38. The summed E-state index contributed by atoms with van der Waals surface area (Å²) in [5, 5.41) is 0. The van der Waals surface area contributed by atoms with Crippen molar-refractivity contribution in [2.24, 2.45) is 11.3 Å². The van der Waals surface area contributed by atoms with Crippen LogP contribution in [0, 0.1) is 11.3 Å². The van der Waals surface area contributed by atoms with Crippen LogP contribution in [0.4, 0.5) is 11.4 Å². The van der Waals surface area contributed by atoms with Crippen molar-refractivity contribution in [3.63, 3.8) is 0 Å². The molecule has 2 rings (SSSR count). The Bertz CT molecular complexity index is 468. The third-order valence-corrected chi connectivity index (χ3v) is 4.43. The second kappa shape index (κ2) is 5.24. The molecule has 1 aromatic carbocycles. The molecular weight excluding hydrogens is 236 g/mol. The molecule has 3 heteroatoms. The minimum atomic E-state index is 0.0904. The van der Waals surface area contributed by atoms with E-state index in [1.54, 1.807) is 4.90 Å². The molecule has 3 nitrogen and oxygen atoms in total. The molecule has 0 spiro atoms. The van der Waals surface area contributed by atoms with Gasteiger partial charge in [0.15, 0.2) is 0 Å². The summed E-state index contributed by atoms with van der Waals surface area (Å²) in [5.74, 6) is 0.299. The van der Waals surface area contributed by atoms with Gasteiger partial charge in [-0.25, -0.2) is 0 Å². The predicted octanol–water partition coefficient (Wildman–Crippen LogP) is 3.45. The van der Waals surface area contributed by atoms with E-state index in [4.69, 9.17) is 5.73 Å². The fraction of sp³-hybridized carbons (Fsp3) is 0.562. The zero-order valence-corrected chi connectivity index (χ0v) is 12.1. The summed E-state index contributed by atoms with van der Waals surface area (Å²) in [4.78, 5) is 14.5. The van der Waals surface area contributed by atoms with Gasteiger partial charge in [0, 0.05) is 13.0 Å². The predicted molar refractivity (Wildman–Crippen MR) is 80.0 cm³/mol. The summed E-state index contributed by atoms with van der Waals surface area (Å²) in [6.07, 6.45) is 4.50. The van der Waals surface area contributed by atoms with E-state index in [9.17, 15) is 4.79 Å². The molecule has 1 unspecified atom stereocenters. The second-order valence-electron chi connectivity index (χ2n) is 6.24. The number of nitrogens with two attached hydrogens (primary N) is 1. The lowest BCUT2D eigenvalue weighted by atomic mass is 9.68. The Kier molecular flexibility index (Phi) is 3.83. The quantitative estimate of drug-likeness (QED) is 0.828. The van der Waals surface area contributed by atoms with Gasteiger partial charge in [-0.1, -0.05) is 38.8 Å². The number of benzene rings is 1. The van der Waals surface area contributed by atoms with Gasteiger partial charge >= 0.3 is 0 Å². The molecule has 0 heterocycles. The van der Waals surface area contributed by atoms with Crippen molar-refractivity contribution in [3.8, 4) is 0 Å². The standard InChI is InChI=1S/C16H24N2O/c1-16(2)11-7-6-8-12(16)15(19)18(3)14-10-5-4-9-13(14)17/h4-5,9-10,12H,6-8,11,17H2,1-3H3. The third-order valence-electron chi connectivity index (χ3n) is 4.43. The van der Waals surface area contributed by atoms with Gasteiger partial charge in [-0.2, -0.15) is 0 Å². The minimum Gasteiger partial charge on any atom is -0.397 e. The molecule has 1 aliphatic rings. The van der Waals surface area contributed by atoms with Crippen molar-refractivity contribution < 1.29 is 4.79 Å². The number of nitrogen functional groups attached to an aromatic ring is 1. The molecule has 1 amide bonds. The molecule has 0 bridgehead atoms. The van der Waals surface area contributed by atoms with Gasteiger partial charge in [0.25, 0.3) is 0 Å². The Morgan fingerprint density at radius 1 is 1.32 bits per heavy atom. The summed E-state index contributed by atoms with van der Waals surface area (Å²) in [5.41, 5.74) is 7.53. The average molecular weight is 260 g/mol. The van der Waals surface area contributed by atoms with E-state index in [0.29, 0.717) is 5.69 Å². The molecule has 1 saturated carbocycles. The molecular formula is C16H24N2O. The van der Waals surface area contributed by atoms with Crippen molar-refractivity contribution in [1.29, 1.82) is 0 Å². The summed E-state index contributed by atoms with van der Waals surface area (Å²) in [6.45, 7) is 4.41. The zero-order valence-electron chi connectivity index (χ0n) is 12.1. The van der Waals surface area contributed by atoms with Crippen molar-refractivity contribution in [3.05, 3.63) is 24.3 Å². The zero-order chi connectivity index (χ0) is 14.0. The lowest BCUT2D eigenvalue weighted by Crippen LogP contribution is -2.42. The van der Waals surface area contributed by atoms with Gasteiger partial charge in [-0.05, 0) is 30.4 Å². The Morgan fingerprint density at radius 2 is 2.00 bits per heavy atom. The van der Waals surface area contributed by atoms with Gasteiger partial charge < -0.3 is 10.6 Å². The fourth-order valence-corrected chi connectivity index (χ4v) is 3.10. The number of hydrogen-bond acceptors (Lipinski definition) is 2. The van der Waals surface area contributed by atoms with Crippen molar-refractivity contribution >= 4 is 17.3 Å². The lowest BCUT2D eigenvalue weighted by molar-refractivity contribution is -0.127. The van der Waals surface area contributed by atoms with E-state index in [-0.39, 0.29) is 17.2 Å². The largest absolute Gasteiger partial charge is 0.397 e. The number of anilines is 2. The molecule has 1 aliphatic carbocycles. The molecule has 0 aliphatic heterocycles. The van der Waals surface area contributed by atoms with Gasteiger partial charge in [0.2, 0.25) is 5.91 Å². The van der Waals surface area contributed by atoms with Gasteiger partial charge in [0.05, 0.1) is 11.4 Å². The van der Waals surface area contributed by atoms with Crippen LogP contribution in [-0.4, -0.2) is 13.0 Å². The first-order valence-electron chi connectivity index (χ1n) is 7.05. The van der Waals surface area contributed by atoms with E-state index < -0.39 is 0 Å². The smallest absolute Gasteiger partial charge is 0.230 e. The monoisotopic (exact) mass is 260 g/mol. The molecule has 2 N–H and O–H groups in total. The van der Waals surface area contributed by atoms with Crippen LogP contribution >= 0.6 is 0 Å². The molecule has 0 aromatic heterocycles. The van der Waals surface area contributed by atoms with Crippen LogP contribution < -0.4 is 10.6 Å². The first kappa shape index (κ1) is 13.9. The average Bonchev–Trinajstić information content (AvgIpc) is 2.37. The van der Waals surface area contributed by atoms with Crippen LogP contribution in [0.2, 0.25) is 0 Å². The van der Waals surface area contributed by atoms with E-state index in [1.807, 2.05) is 31.3 Å². The maximum absolute atomic E-state index is 12.7. The summed E-state index contributed by atoms with van der Waals surface area (Å²) in [7, 11) is 1.83. The van der Waals surface area contributed by atoms with E-state index in [0.717, 1.165) is 24.9 Å². The number of para-hydroxylation sites is 2. The highest BCUT2D eigenvalue weighted by molar-refractivity contribution is 5.97. The topological polar surface area (TPSA) is 46.3 Å². The number of amides is 1. The highest BCUT2D eigenvalue weighted by Crippen LogP contribution is 2.42. The Hall–Kier alpha value is -1.51. The van der Waals surface area contributed by atoms with Crippen molar-refractivity contribution in [2.45, 2.75) is 39.5 Å². The summed E-state index contributed by atoms with van der Waals surface area (Å²) >= 11 is 0. The first-order valence-corrected chi connectivity index (χ1v) is 7.05. The lowest BCUT2D eigenvalue weighted by Gasteiger charge is -2.39. The fourth-order valence-electron chi connectivity index (χ4n) is 3.10. The Labute approximate surface area is 115 Å². The summed E-state index contributed by atoms with van der Waals surface area (Å²) in [6, 6.07) is 7.55.